The Hall–Kier alpha value is -1.93. The van der Waals surface area contributed by atoms with Gasteiger partial charge in [-0.25, -0.2) is 13.4 Å². The van der Waals surface area contributed by atoms with E-state index in [-0.39, 0.29) is 10.8 Å². The molecule has 1 fully saturated rings. The Bertz CT molecular complexity index is 776. The number of hydrogen-bond donors (Lipinski definition) is 0. The molecule has 1 aliphatic rings. The van der Waals surface area contributed by atoms with Crippen LogP contribution in [0.3, 0.4) is 0 Å². The van der Waals surface area contributed by atoms with Gasteiger partial charge in [0, 0.05) is 39.2 Å². The molecule has 0 unspecified atom stereocenters. The van der Waals surface area contributed by atoms with Crippen LogP contribution in [0.4, 0.5) is 0 Å². The van der Waals surface area contributed by atoms with Crippen LogP contribution in [-0.4, -0.2) is 54.7 Å². The molecule has 0 radical (unpaired) electrons. The third kappa shape index (κ3) is 2.52. The molecule has 0 spiro atoms. The SMILES string of the molecule is CC(=O)N1CCN(S(=O)(=O)c2ccc3ncoc3c2)CC1. The summed E-state index contributed by atoms with van der Waals surface area (Å²) in [7, 11) is -3.57. The van der Waals surface area contributed by atoms with Crippen LogP contribution in [0, 0.1) is 0 Å². The second-order valence-corrected chi connectivity index (χ2v) is 6.83. The lowest BCUT2D eigenvalue weighted by Crippen LogP contribution is -2.49. The van der Waals surface area contributed by atoms with Crippen molar-refractivity contribution < 1.29 is 17.6 Å². The monoisotopic (exact) mass is 309 g/mol. The van der Waals surface area contributed by atoms with E-state index in [2.05, 4.69) is 4.98 Å². The first kappa shape index (κ1) is 14.0. The van der Waals surface area contributed by atoms with E-state index < -0.39 is 10.0 Å². The zero-order valence-electron chi connectivity index (χ0n) is 11.5. The third-order valence-electron chi connectivity index (χ3n) is 3.62. The number of rotatable bonds is 2. The number of carbonyl (C=O) groups excluding carboxylic acids is 1. The third-order valence-corrected chi connectivity index (χ3v) is 5.52. The predicted octanol–water partition coefficient (Wildman–Crippen LogP) is 0.681. The molecule has 1 amide bonds. The molecule has 0 N–H and O–H groups in total. The van der Waals surface area contributed by atoms with E-state index in [1.165, 1.54) is 29.8 Å². The van der Waals surface area contributed by atoms with Crippen molar-refractivity contribution in [2.24, 2.45) is 0 Å². The van der Waals surface area contributed by atoms with E-state index in [1.54, 1.807) is 11.0 Å². The highest BCUT2D eigenvalue weighted by molar-refractivity contribution is 7.89. The molecule has 1 aromatic carbocycles. The number of nitrogens with zero attached hydrogens (tertiary/aromatic N) is 3. The second-order valence-electron chi connectivity index (χ2n) is 4.89. The maximum atomic E-state index is 12.6. The highest BCUT2D eigenvalue weighted by Crippen LogP contribution is 2.22. The van der Waals surface area contributed by atoms with Crippen molar-refractivity contribution in [3.63, 3.8) is 0 Å². The van der Waals surface area contributed by atoms with E-state index in [9.17, 15) is 13.2 Å². The molecule has 1 aromatic heterocycles. The van der Waals surface area contributed by atoms with Crippen molar-refractivity contribution in [3.05, 3.63) is 24.6 Å². The molecule has 112 valence electrons. The quantitative estimate of drug-likeness (QED) is 0.814. The van der Waals surface area contributed by atoms with Crippen LogP contribution in [-0.2, 0) is 14.8 Å². The van der Waals surface area contributed by atoms with Gasteiger partial charge >= 0.3 is 0 Å². The standard InChI is InChI=1S/C13H15N3O4S/c1-10(17)15-4-6-16(7-5-15)21(18,19)11-2-3-12-13(8-11)20-9-14-12/h2-3,8-9H,4-7H2,1H3. The number of amides is 1. The fraction of sp³-hybridized carbons (Fsp3) is 0.385. The van der Waals surface area contributed by atoms with Gasteiger partial charge in [-0.15, -0.1) is 0 Å². The van der Waals surface area contributed by atoms with Gasteiger partial charge < -0.3 is 9.32 Å². The highest BCUT2D eigenvalue weighted by Gasteiger charge is 2.29. The Kier molecular flexibility index (Phi) is 3.42. The first-order chi connectivity index (χ1) is 9.98. The largest absolute Gasteiger partial charge is 0.443 e. The van der Waals surface area contributed by atoms with Gasteiger partial charge in [-0.1, -0.05) is 0 Å². The number of hydrogen-bond acceptors (Lipinski definition) is 5. The van der Waals surface area contributed by atoms with Crippen molar-refractivity contribution in [2.45, 2.75) is 11.8 Å². The molecular weight excluding hydrogens is 294 g/mol. The Labute approximate surface area is 122 Å². The summed E-state index contributed by atoms with van der Waals surface area (Å²) in [6.45, 7) is 2.92. The topological polar surface area (TPSA) is 83.7 Å². The van der Waals surface area contributed by atoms with E-state index in [1.807, 2.05) is 0 Å². The minimum Gasteiger partial charge on any atom is -0.443 e. The molecule has 7 nitrogen and oxygen atoms in total. The predicted molar refractivity (Wildman–Crippen MR) is 75.0 cm³/mol. The highest BCUT2D eigenvalue weighted by atomic mass is 32.2. The van der Waals surface area contributed by atoms with E-state index in [0.29, 0.717) is 37.3 Å². The molecule has 2 heterocycles. The maximum Gasteiger partial charge on any atom is 0.243 e. The number of aromatic nitrogens is 1. The Balaban J connectivity index is 1.85. The lowest BCUT2D eigenvalue weighted by atomic mass is 10.3. The summed E-state index contributed by atoms with van der Waals surface area (Å²) in [5.41, 5.74) is 1.06. The van der Waals surface area contributed by atoms with Gasteiger partial charge in [0.05, 0.1) is 4.90 Å². The zero-order chi connectivity index (χ0) is 15.0. The maximum absolute atomic E-state index is 12.6. The van der Waals surface area contributed by atoms with Crippen molar-refractivity contribution in [2.75, 3.05) is 26.2 Å². The summed E-state index contributed by atoms with van der Waals surface area (Å²) < 4.78 is 31.7. The Morgan fingerprint density at radius 2 is 1.95 bits per heavy atom. The number of sulfonamides is 1. The van der Waals surface area contributed by atoms with E-state index in [4.69, 9.17) is 4.42 Å². The Morgan fingerprint density at radius 3 is 2.62 bits per heavy atom. The number of carbonyl (C=O) groups is 1. The van der Waals surface area contributed by atoms with Gasteiger partial charge in [-0.3, -0.25) is 4.79 Å². The van der Waals surface area contributed by atoms with Crippen molar-refractivity contribution in [3.8, 4) is 0 Å². The molecule has 8 heteroatoms. The van der Waals surface area contributed by atoms with Crippen LogP contribution in [0.5, 0.6) is 0 Å². The minimum atomic E-state index is -3.57. The van der Waals surface area contributed by atoms with Gasteiger partial charge in [-0.2, -0.15) is 4.31 Å². The number of benzene rings is 1. The van der Waals surface area contributed by atoms with E-state index in [0.717, 1.165) is 0 Å². The van der Waals surface area contributed by atoms with E-state index >= 15 is 0 Å². The number of piperazine rings is 1. The van der Waals surface area contributed by atoms with Crippen molar-refractivity contribution >= 4 is 27.0 Å². The summed E-state index contributed by atoms with van der Waals surface area (Å²) in [6.07, 6.45) is 1.28. The fourth-order valence-corrected chi connectivity index (χ4v) is 3.83. The smallest absolute Gasteiger partial charge is 0.243 e. The summed E-state index contributed by atoms with van der Waals surface area (Å²) in [4.78, 5) is 17.1. The molecule has 1 saturated heterocycles. The molecule has 21 heavy (non-hydrogen) atoms. The number of oxazole rings is 1. The Morgan fingerprint density at radius 1 is 1.24 bits per heavy atom. The number of fused-ring (bicyclic) bond motifs is 1. The molecule has 2 aromatic rings. The lowest BCUT2D eigenvalue weighted by Gasteiger charge is -2.33. The summed E-state index contributed by atoms with van der Waals surface area (Å²) in [5.74, 6) is -0.0323. The first-order valence-electron chi connectivity index (χ1n) is 6.57. The average Bonchev–Trinajstić information content (AvgIpc) is 2.94. The van der Waals surface area contributed by atoms with Crippen LogP contribution in [0.25, 0.3) is 11.1 Å². The molecular formula is C13H15N3O4S. The van der Waals surface area contributed by atoms with Crippen LogP contribution < -0.4 is 0 Å². The molecule has 0 bridgehead atoms. The minimum absolute atomic E-state index is 0.0323. The molecule has 0 aliphatic carbocycles. The van der Waals surface area contributed by atoms with Crippen molar-refractivity contribution in [1.82, 2.24) is 14.2 Å². The summed E-state index contributed by atoms with van der Waals surface area (Å²) in [6, 6.07) is 4.63. The van der Waals surface area contributed by atoms with Gasteiger partial charge in [-0.05, 0) is 12.1 Å². The van der Waals surface area contributed by atoms with Crippen LogP contribution in [0.1, 0.15) is 6.92 Å². The van der Waals surface area contributed by atoms with Gasteiger partial charge in [0.15, 0.2) is 12.0 Å². The van der Waals surface area contributed by atoms with Crippen molar-refractivity contribution in [1.29, 1.82) is 0 Å². The van der Waals surface area contributed by atoms with Crippen LogP contribution in [0.15, 0.2) is 33.9 Å². The molecule has 0 atom stereocenters. The average molecular weight is 309 g/mol. The fourth-order valence-electron chi connectivity index (χ4n) is 2.39. The zero-order valence-corrected chi connectivity index (χ0v) is 12.3. The summed E-state index contributed by atoms with van der Waals surface area (Å²) >= 11 is 0. The molecule has 1 aliphatic heterocycles. The molecule has 0 saturated carbocycles. The van der Waals surface area contributed by atoms with Gasteiger partial charge in [0.2, 0.25) is 15.9 Å². The normalized spacial score (nSPS) is 17.3. The van der Waals surface area contributed by atoms with Crippen LogP contribution in [0.2, 0.25) is 0 Å². The second kappa shape index (κ2) is 5.12. The molecule has 3 rings (SSSR count). The lowest BCUT2D eigenvalue weighted by molar-refractivity contribution is -0.129. The summed E-state index contributed by atoms with van der Waals surface area (Å²) in [5, 5.41) is 0. The van der Waals surface area contributed by atoms with Gasteiger partial charge in [0.25, 0.3) is 0 Å². The first-order valence-corrected chi connectivity index (χ1v) is 8.01. The van der Waals surface area contributed by atoms with Gasteiger partial charge in [0.1, 0.15) is 5.52 Å². The van der Waals surface area contributed by atoms with Crippen LogP contribution >= 0.6 is 0 Å².